The zero-order valence-electron chi connectivity index (χ0n) is 33.6. The first-order valence-electron chi connectivity index (χ1n) is 19.5. The van der Waals surface area contributed by atoms with Crippen molar-refractivity contribution >= 4 is 44.6 Å². The number of rotatable bonds is 2. The highest BCUT2D eigenvalue weighted by Crippen LogP contribution is 2.46. The van der Waals surface area contributed by atoms with Crippen LogP contribution in [0.15, 0.2) is 127 Å². The average Bonchev–Trinajstić information content (AvgIpc) is 3.14. The lowest BCUT2D eigenvalue weighted by molar-refractivity contribution is 0.461. The Labute approximate surface area is 296 Å². The first kappa shape index (κ1) is 24.8. The van der Waals surface area contributed by atoms with Crippen molar-refractivity contribution in [3.05, 3.63) is 138 Å². The van der Waals surface area contributed by atoms with Gasteiger partial charge in [-0.05, 0) is 101 Å². The maximum absolute atomic E-state index is 8.94. The molecule has 0 atom stereocenters. The van der Waals surface area contributed by atoms with Gasteiger partial charge in [0.2, 0.25) is 0 Å². The van der Waals surface area contributed by atoms with Gasteiger partial charge in [0.15, 0.2) is 0 Å². The molecule has 0 saturated heterocycles. The van der Waals surface area contributed by atoms with Gasteiger partial charge in [-0.1, -0.05) is 145 Å². The topological polar surface area (TPSA) is 18.5 Å². The zero-order valence-corrected chi connectivity index (χ0v) is 28.6. The summed E-state index contributed by atoms with van der Waals surface area (Å²) in [6, 6.07) is 31.8. The highest BCUT2D eigenvalue weighted by molar-refractivity contribution is 6.98. The summed E-state index contributed by atoms with van der Waals surface area (Å²) in [6.45, 7) is 13.2. The molecule has 3 heteroatoms. The number of fused-ring (bicyclic) bond motifs is 6. The standard InChI is InChI=1S/C46H39BO2/c1-45(2,3)30-20-22-36-38(26-30)48-40-24-29(25-41-44(40)47(36)37-23-21-31(46(4,5)6)27-39(37)49-41)43-34-18-12-10-16-32(34)42(28-14-8-7-9-15-28)33-17-11-13-19-35(33)43/h7-27H,1-6H3/i7D,8D,9D,14D,15D. The van der Waals surface area contributed by atoms with Gasteiger partial charge >= 0.3 is 0 Å². The van der Waals surface area contributed by atoms with Crippen molar-refractivity contribution < 1.29 is 16.3 Å². The fourth-order valence-corrected chi connectivity index (χ4v) is 7.65. The summed E-state index contributed by atoms with van der Waals surface area (Å²) in [6.07, 6.45) is 0. The summed E-state index contributed by atoms with van der Waals surface area (Å²) < 4.78 is 57.0. The Balaban J connectivity index is 1.35. The predicted octanol–water partition coefficient (Wildman–Crippen LogP) is 10.6. The molecule has 2 nitrogen and oxygen atoms in total. The van der Waals surface area contributed by atoms with E-state index in [2.05, 4.69) is 90.1 Å². The van der Waals surface area contributed by atoms with Crippen LogP contribution < -0.4 is 25.9 Å². The summed E-state index contributed by atoms with van der Waals surface area (Å²) in [4.78, 5) is 0. The van der Waals surface area contributed by atoms with E-state index in [1.807, 2.05) is 48.5 Å². The molecule has 2 aliphatic rings. The smallest absolute Gasteiger partial charge is 0.260 e. The highest BCUT2D eigenvalue weighted by Gasteiger charge is 2.41. The van der Waals surface area contributed by atoms with Gasteiger partial charge in [-0.3, -0.25) is 0 Å². The van der Waals surface area contributed by atoms with Crippen LogP contribution in [0.25, 0.3) is 43.8 Å². The van der Waals surface area contributed by atoms with Gasteiger partial charge in [0.05, 0.1) is 6.85 Å². The summed E-state index contributed by atoms with van der Waals surface area (Å²) in [7, 11) is 0. The van der Waals surface area contributed by atoms with E-state index in [1.165, 1.54) is 11.1 Å². The first-order valence-corrected chi connectivity index (χ1v) is 17.0. The Kier molecular flexibility index (Phi) is 5.37. The van der Waals surface area contributed by atoms with Crippen molar-refractivity contribution in [1.29, 1.82) is 0 Å². The van der Waals surface area contributed by atoms with E-state index in [0.29, 0.717) is 5.56 Å². The van der Waals surface area contributed by atoms with Crippen molar-refractivity contribution in [2.24, 2.45) is 0 Å². The maximum atomic E-state index is 8.94. The van der Waals surface area contributed by atoms with Crippen LogP contribution in [-0.2, 0) is 10.8 Å². The van der Waals surface area contributed by atoms with E-state index in [0.717, 1.165) is 72.1 Å². The molecule has 0 N–H and O–H groups in total. The van der Waals surface area contributed by atoms with Crippen molar-refractivity contribution in [2.75, 3.05) is 0 Å². The van der Waals surface area contributed by atoms with Gasteiger partial charge in [-0.2, -0.15) is 0 Å². The van der Waals surface area contributed by atoms with Crippen LogP contribution >= 0.6 is 0 Å². The molecule has 2 aliphatic heterocycles. The molecule has 0 amide bonds. The van der Waals surface area contributed by atoms with Gasteiger partial charge in [-0.15, -0.1) is 0 Å². The Bertz CT molecular complexity index is 2590. The summed E-state index contributed by atoms with van der Waals surface area (Å²) in [5.41, 5.74) is 8.10. The molecule has 0 saturated carbocycles. The van der Waals surface area contributed by atoms with Crippen molar-refractivity contribution in [2.45, 2.75) is 52.4 Å². The Morgan fingerprint density at radius 3 is 1.35 bits per heavy atom. The monoisotopic (exact) mass is 639 g/mol. The van der Waals surface area contributed by atoms with E-state index in [4.69, 9.17) is 16.3 Å². The second-order valence-corrected chi connectivity index (χ2v) is 15.4. The molecule has 7 aromatic rings. The Morgan fingerprint density at radius 1 is 0.490 bits per heavy atom. The fourth-order valence-electron chi connectivity index (χ4n) is 7.65. The molecular weight excluding hydrogens is 595 g/mol. The summed E-state index contributed by atoms with van der Waals surface area (Å²) >= 11 is 0. The Hall–Kier alpha value is -5.28. The van der Waals surface area contributed by atoms with Crippen LogP contribution in [-0.4, -0.2) is 6.71 Å². The number of benzene rings is 7. The molecule has 0 aliphatic carbocycles. The quantitative estimate of drug-likeness (QED) is 0.138. The lowest BCUT2D eigenvalue weighted by Crippen LogP contribution is -2.57. The molecule has 0 spiro atoms. The van der Waals surface area contributed by atoms with Crippen LogP contribution in [0, 0.1) is 0 Å². The molecule has 0 aromatic heterocycles. The van der Waals surface area contributed by atoms with Gasteiger partial charge in [0, 0.05) is 5.46 Å². The average molecular weight is 640 g/mol. The Morgan fingerprint density at radius 2 is 0.918 bits per heavy atom. The number of hydrogen-bond donors (Lipinski definition) is 0. The SMILES string of the molecule is [2H]c1c([2H])c([2H])c(-c2c3ccccc3c(-c3cc4c5c(c3)Oc3cc(C(C)(C)C)ccc3B5c3ccc(C(C)(C)C)cc3O4)c3ccccc23)c([2H])c1[2H]. The second kappa shape index (κ2) is 10.6. The number of hydrogen-bond acceptors (Lipinski definition) is 2. The minimum atomic E-state index is -0.410. The normalized spacial score (nSPS) is 14.8. The summed E-state index contributed by atoms with van der Waals surface area (Å²) in [5, 5.41) is 3.35. The molecule has 7 aromatic carbocycles. The molecule has 9 rings (SSSR count). The lowest BCUT2D eigenvalue weighted by atomic mass is 9.34. The lowest BCUT2D eigenvalue weighted by Gasteiger charge is -2.35. The van der Waals surface area contributed by atoms with E-state index in [1.54, 1.807) is 0 Å². The van der Waals surface area contributed by atoms with Gasteiger partial charge in [0.25, 0.3) is 6.71 Å². The van der Waals surface area contributed by atoms with Crippen LogP contribution in [0.4, 0.5) is 0 Å². The summed E-state index contributed by atoms with van der Waals surface area (Å²) in [5.74, 6) is 3.14. The van der Waals surface area contributed by atoms with E-state index >= 15 is 0 Å². The minimum absolute atomic E-state index is 0.0687. The molecule has 0 radical (unpaired) electrons. The highest BCUT2D eigenvalue weighted by atomic mass is 16.5. The van der Waals surface area contributed by atoms with Gasteiger partial charge in [-0.25, -0.2) is 0 Å². The molecule has 238 valence electrons. The van der Waals surface area contributed by atoms with E-state index < -0.39 is 6.04 Å². The van der Waals surface area contributed by atoms with Crippen LogP contribution in [0.2, 0.25) is 0 Å². The fraction of sp³-hybridized carbons (Fsp3) is 0.174. The van der Waals surface area contributed by atoms with Crippen molar-refractivity contribution in [3.8, 4) is 45.3 Å². The molecule has 2 heterocycles. The van der Waals surface area contributed by atoms with Crippen LogP contribution in [0.3, 0.4) is 0 Å². The molecule has 0 unspecified atom stereocenters. The van der Waals surface area contributed by atoms with E-state index in [-0.39, 0.29) is 47.3 Å². The third-order valence-corrected chi connectivity index (χ3v) is 10.2. The largest absolute Gasteiger partial charge is 0.458 e. The molecule has 49 heavy (non-hydrogen) atoms. The molecule has 0 bridgehead atoms. The third-order valence-electron chi connectivity index (χ3n) is 10.2. The van der Waals surface area contributed by atoms with Crippen LogP contribution in [0.5, 0.6) is 23.0 Å². The molecular formula is C46H39BO2. The number of ether oxygens (including phenoxy) is 2. The van der Waals surface area contributed by atoms with Crippen molar-refractivity contribution in [3.63, 3.8) is 0 Å². The van der Waals surface area contributed by atoms with Gasteiger partial charge < -0.3 is 9.47 Å². The van der Waals surface area contributed by atoms with Crippen molar-refractivity contribution in [1.82, 2.24) is 0 Å². The predicted molar refractivity (Wildman–Crippen MR) is 207 cm³/mol. The van der Waals surface area contributed by atoms with Gasteiger partial charge in [0.1, 0.15) is 23.0 Å². The maximum Gasteiger partial charge on any atom is 0.260 e. The van der Waals surface area contributed by atoms with E-state index in [9.17, 15) is 0 Å². The molecule has 0 fully saturated rings. The first-order chi connectivity index (χ1) is 25.6. The minimum Gasteiger partial charge on any atom is -0.458 e. The third kappa shape index (κ3) is 4.70. The van der Waals surface area contributed by atoms with Crippen LogP contribution in [0.1, 0.15) is 59.5 Å². The second-order valence-electron chi connectivity index (χ2n) is 15.4. The zero-order chi connectivity index (χ0) is 38.0.